The van der Waals surface area contributed by atoms with Crippen molar-refractivity contribution in [3.63, 3.8) is 0 Å². The van der Waals surface area contributed by atoms with Crippen molar-refractivity contribution in [2.75, 3.05) is 0 Å². The third-order valence-corrected chi connectivity index (χ3v) is 11.6. The monoisotopic (exact) mass is 527 g/mol. The molecule has 5 rings (SSSR count). The number of allylic oxidation sites excluding steroid dienone is 1. The Hall–Kier alpha value is -1.89. The molecular weight excluding hydrogens is 478 g/mol. The Bertz CT molecular complexity index is 1180. The van der Waals surface area contributed by atoms with Gasteiger partial charge in [-0.2, -0.15) is 0 Å². The van der Waals surface area contributed by atoms with Gasteiger partial charge in [0.2, 0.25) is 0 Å². The predicted molar refractivity (Wildman–Crippen MR) is 150 cm³/mol. The van der Waals surface area contributed by atoms with Gasteiger partial charge in [-0.05, 0) is 97.7 Å². The molecule has 3 saturated carbocycles. The first-order valence-electron chi connectivity index (χ1n) is 15.3. The summed E-state index contributed by atoms with van der Waals surface area (Å²) < 4.78 is 6.97. The maximum Gasteiger partial charge on any atom is 0.335 e. The lowest BCUT2D eigenvalue weighted by Gasteiger charge is -2.58. The Morgan fingerprint density at radius 3 is 2.42 bits per heavy atom. The highest BCUT2D eigenvalue weighted by molar-refractivity contribution is 5.25. The van der Waals surface area contributed by atoms with E-state index in [1.54, 1.807) is 0 Å². The van der Waals surface area contributed by atoms with E-state index in [0.717, 1.165) is 59.3 Å². The van der Waals surface area contributed by atoms with Crippen LogP contribution in [0.5, 0.6) is 0 Å². The van der Waals surface area contributed by atoms with Gasteiger partial charge in [0, 0.05) is 0 Å². The standard InChI is InChI=1S/C31H49N3O4/c1-19(2)7-6-8-20(3)24-11-12-25-23-10-9-21-17-22(38-18-34-28(36)32-27(35)33-29(34)37)13-15-30(21,4)26(23)14-16-31(24,25)5/h9,19-20,22-26H,6-8,10-18H2,1-5H3,(H2,32,33,35,36,37). The van der Waals surface area contributed by atoms with Crippen molar-refractivity contribution >= 4 is 0 Å². The summed E-state index contributed by atoms with van der Waals surface area (Å²) in [5, 5.41) is 0. The van der Waals surface area contributed by atoms with Gasteiger partial charge in [-0.1, -0.05) is 65.5 Å². The number of nitrogens with one attached hydrogen (secondary N) is 2. The fourth-order valence-corrected chi connectivity index (χ4v) is 9.54. The van der Waals surface area contributed by atoms with Gasteiger partial charge in [-0.15, -0.1) is 0 Å². The van der Waals surface area contributed by atoms with Crippen LogP contribution in [0.1, 0.15) is 105 Å². The number of nitrogens with zero attached hydrogens (tertiary/aromatic N) is 1. The van der Waals surface area contributed by atoms with E-state index in [2.05, 4.69) is 50.7 Å². The van der Waals surface area contributed by atoms with E-state index in [1.165, 1.54) is 56.9 Å². The third-order valence-electron chi connectivity index (χ3n) is 11.6. The van der Waals surface area contributed by atoms with Gasteiger partial charge >= 0.3 is 17.1 Å². The molecule has 7 nitrogen and oxygen atoms in total. The number of aromatic amines is 2. The van der Waals surface area contributed by atoms with Crippen LogP contribution < -0.4 is 17.1 Å². The molecule has 212 valence electrons. The second-order valence-electron chi connectivity index (χ2n) is 14.1. The molecule has 0 aliphatic heterocycles. The molecule has 2 N–H and O–H groups in total. The lowest BCUT2D eigenvalue weighted by Crippen LogP contribution is -2.51. The van der Waals surface area contributed by atoms with Crippen LogP contribution in [0.15, 0.2) is 26.0 Å². The molecule has 38 heavy (non-hydrogen) atoms. The van der Waals surface area contributed by atoms with Crippen LogP contribution in [0.2, 0.25) is 0 Å². The van der Waals surface area contributed by atoms with E-state index in [1.807, 2.05) is 0 Å². The summed E-state index contributed by atoms with van der Waals surface area (Å²) in [6, 6.07) is 0. The van der Waals surface area contributed by atoms with Gasteiger partial charge in [-0.3, -0.25) is 9.97 Å². The normalized spacial score (nSPS) is 37.3. The summed E-state index contributed by atoms with van der Waals surface area (Å²) >= 11 is 0. The van der Waals surface area contributed by atoms with E-state index < -0.39 is 17.1 Å². The first kappa shape index (κ1) is 27.7. The van der Waals surface area contributed by atoms with Gasteiger partial charge in [0.15, 0.2) is 0 Å². The van der Waals surface area contributed by atoms with E-state index in [-0.39, 0.29) is 18.2 Å². The number of ether oxygens (including phenoxy) is 1. The summed E-state index contributed by atoms with van der Waals surface area (Å²) in [5.41, 5.74) is 0.0126. The topological polar surface area (TPSA) is 96.9 Å². The number of fused-ring (bicyclic) bond motifs is 5. The first-order valence-corrected chi connectivity index (χ1v) is 15.3. The van der Waals surface area contributed by atoms with Crippen LogP contribution in [-0.2, 0) is 11.5 Å². The Morgan fingerprint density at radius 1 is 0.974 bits per heavy atom. The SMILES string of the molecule is CC(C)CCCC(C)C1CCC2C3CC=C4CC(OCn5c(=O)[nH]c(=O)[nH]c5=O)CCC4(C)C3CCC12C. The molecule has 0 radical (unpaired) electrons. The van der Waals surface area contributed by atoms with Crippen molar-refractivity contribution in [1.82, 2.24) is 14.5 Å². The molecule has 0 aromatic carbocycles. The summed E-state index contributed by atoms with van der Waals surface area (Å²) in [7, 11) is 0. The van der Waals surface area contributed by atoms with E-state index >= 15 is 0 Å². The number of hydrogen-bond donors (Lipinski definition) is 2. The van der Waals surface area contributed by atoms with E-state index in [9.17, 15) is 14.4 Å². The maximum atomic E-state index is 12.0. The molecule has 4 aliphatic carbocycles. The van der Waals surface area contributed by atoms with Crippen LogP contribution in [-0.4, -0.2) is 20.6 Å². The summed E-state index contributed by atoms with van der Waals surface area (Å²) in [6.07, 6.45) is 16.3. The molecule has 1 aromatic rings. The molecule has 8 unspecified atom stereocenters. The summed E-state index contributed by atoms with van der Waals surface area (Å²) in [4.78, 5) is 39.6. The zero-order chi connectivity index (χ0) is 27.2. The molecule has 4 aliphatic rings. The van der Waals surface area contributed by atoms with Crippen LogP contribution in [0.25, 0.3) is 0 Å². The van der Waals surface area contributed by atoms with Gasteiger partial charge in [0.1, 0.15) is 6.73 Å². The van der Waals surface area contributed by atoms with Gasteiger partial charge in [0.25, 0.3) is 0 Å². The average molecular weight is 528 g/mol. The molecular formula is C31H49N3O4. The predicted octanol–water partition coefficient (Wildman–Crippen LogP) is 5.61. The first-order chi connectivity index (χ1) is 18.0. The van der Waals surface area contributed by atoms with Crippen molar-refractivity contribution < 1.29 is 4.74 Å². The second-order valence-corrected chi connectivity index (χ2v) is 14.1. The van der Waals surface area contributed by atoms with Crippen LogP contribution in [0.4, 0.5) is 0 Å². The smallest absolute Gasteiger partial charge is 0.335 e. The molecule has 1 heterocycles. The van der Waals surface area contributed by atoms with Crippen LogP contribution >= 0.6 is 0 Å². The van der Waals surface area contributed by atoms with Crippen molar-refractivity contribution in [3.05, 3.63) is 43.1 Å². The molecule has 8 atom stereocenters. The minimum Gasteiger partial charge on any atom is -0.357 e. The van der Waals surface area contributed by atoms with Crippen molar-refractivity contribution in [1.29, 1.82) is 0 Å². The number of rotatable bonds is 8. The van der Waals surface area contributed by atoms with Crippen LogP contribution in [0.3, 0.4) is 0 Å². The highest BCUT2D eigenvalue weighted by Gasteiger charge is 2.59. The quantitative estimate of drug-likeness (QED) is 0.430. The van der Waals surface area contributed by atoms with Crippen molar-refractivity contribution in [3.8, 4) is 0 Å². The minimum atomic E-state index is -0.788. The second kappa shape index (κ2) is 10.6. The summed E-state index contributed by atoms with van der Waals surface area (Å²) in [5.74, 6) is 4.92. The molecule has 0 amide bonds. The molecule has 1 aromatic heterocycles. The molecule has 0 saturated heterocycles. The zero-order valence-corrected chi connectivity index (χ0v) is 24.2. The van der Waals surface area contributed by atoms with Crippen LogP contribution in [0, 0.1) is 46.3 Å². The Labute approximate surface area is 226 Å². The van der Waals surface area contributed by atoms with Crippen molar-refractivity contribution in [2.24, 2.45) is 46.3 Å². The van der Waals surface area contributed by atoms with Gasteiger partial charge < -0.3 is 4.74 Å². The van der Waals surface area contributed by atoms with Gasteiger partial charge in [-0.25, -0.2) is 19.0 Å². The lowest BCUT2D eigenvalue weighted by molar-refractivity contribution is -0.0717. The third kappa shape index (κ3) is 4.93. The van der Waals surface area contributed by atoms with Crippen molar-refractivity contribution in [2.45, 2.75) is 118 Å². The average Bonchev–Trinajstić information content (AvgIpc) is 3.20. The lowest BCUT2D eigenvalue weighted by atomic mass is 9.47. The summed E-state index contributed by atoms with van der Waals surface area (Å²) in [6.45, 7) is 12.3. The highest BCUT2D eigenvalue weighted by atomic mass is 16.5. The zero-order valence-electron chi connectivity index (χ0n) is 24.2. The number of hydrogen-bond acceptors (Lipinski definition) is 4. The molecule has 3 fully saturated rings. The fraction of sp³-hybridized carbons (Fsp3) is 0.839. The molecule has 0 spiro atoms. The highest BCUT2D eigenvalue weighted by Crippen LogP contribution is 2.67. The van der Waals surface area contributed by atoms with Gasteiger partial charge in [0.05, 0.1) is 6.10 Å². The largest absolute Gasteiger partial charge is 0.357 e. The Morgan fingerprint density at radius 2 is 1.71 bits per heavy atom. The maximum absolute atomic E-state index is 12.0. The van der Waals surface area contributed by atoms with E-state index in [4.69, 9.17) is 4.74 Å². The minimum absolute atomic E-state index is 0.0134. The number of H-pyrrole nitrogens is 2. The number of aromatic nitrogens is 3. The molecule has 7 heteroatoms. The Kier molecular flexibility index (Phi) is 7.71. The fourth-order valence-electron chi connectivity index (χ4n) is 9.54. The Balaban J connectivity index is 1.25. The molecule has 0 bridgehead atoms. The van der Waals surface area contributed by atoms with E-state index in [0.29, 0.717) is 5.41 Å².